The molecule has 1 aliphatic heterocycles. The average Bonchev–Trinajstić information content (AvgIpc) is 3.45. The SMILES string of the molecule is COc1ncc(-c2cc3c(n2C(C)C)C(c2ccc(C#N)cc2)N(c2cc(Cl)cn(C)c2=O)C3=O)c(OC)n1. The number of carbonyl (C=O) groups is 1. The van der Waals surface area contributed by atoms with Gasteiger partial charge in [0.2, 0.25) is 5.88 Å². The first-order chi connectivity index (χ1) is 18.7. The zero-order chi connectivity index (χ0) is 28.0. The molecule has 0 radical (unpaired) electrons. The van der Waals surface area contributed by atoms with Crippen LogP contribution < -0.4 is 19.9 Å². The number of hydrogen-bond donors (Lipinski definition) is 0. The van der Waals surface area contributed by atoms with Crippen molar-refractivity contribution in [2.24, 2.45) is 7.05 Å². The second kappa shape index (κ2) is 9.93. The van der Waals surface area contributed by atoms with Gasteiger partial charge in [-0.05, 0) is 43.7 Å². The molecule has 4 aromatic rings. The average molecular weight is 545 g/mol. The highest BCUT2D eigenvalue weighted by atomic mass is 35.5. The molecule has 0 bridgehead atoms. The van der Waals surface area contributed by atoms with E-state index in [-0.39, 0.29) is 29.2 Å². The molecule has 3 aromatic heterocycles. The number of nitriles is 1. The van der Waals surface area contributed by atoms with Gasteiger partial charge < -0.3 is 18.6 Å². The fraction of sp³-hybridized carbons (Fsp3) is 0.250. The highest BCUT2D eigenvalue weighted by molar-refractivity contribution is 6.30. The van der Waals surface area contributed by atoms with Crippen molar-refractivity contribution in [2.75, 3.05) is 19.1 Å². The Morgan fingerprint density at radius 2 is 1.79 bits per heavy atom. The molecule has 1 unspecified atom stereocenters. The number of halogens is 1. The van der Waals surface area contributed by atoms with Crippen LogP contribution in [0.25, 0.3) is 11.3 Å². The summed E-state index contributed by atoms with van der Waals surface area (Å²) in [6.45, 7) is 4.00. The van der Waals surface area contributed by atoms with Crippen LogP contribution in [0.5, 0.6) is 11.9 Å². The summed E-state index contributed by atoms with van der Waals surface area (Å²) in [6, 6.07) is 11.7. The molecule has 11 heteroatoms. The third kappa shape index (κ3) is 4.21. The number of carbonyl (C=O) groups excluding carboxylic acids is 1. The summed E-state index contributed by atoms with van der Waals surface area (Å²) in [6.07, 6.45) is 3.10. The Bertz CT molecular complexity index is 1700. The minimum absolute atomic E-state index is 0.105. The normalized spacial score (nSPS) is 14.5. The van der Waals surface area contributed by atoms with E-state index in [0.717, 1.165) is 5.56 Å². The van der Waals surface area contributed by atoms with Crippen LogP contribution >= 0.6 is 11.6 Å². The Hall–Kier alpha value is -4.62. The number of aryl methyl sites for hydroxylation is 1. The summed E-state index contributed by atoms with van der Waals surface area (Å²) in [7, 11) is 4.56. The molecule has 39 heavy (non-hydrogen) atoms. The molecule has 0 N–H and O–H groups in total. The Balaban J connectivity index is 1.81. The number of ether oxygens (including phenoxy) is 2. The quantitative estimate of drug-likeness (QED) is 0.350. The van der Waals surface area contributed by atoms with Gasteiger partial charge in [-0.25, -0.2) is 4.98 Å². The van der Waals surface area contributed by atoms with Crippen molar-refractivity contribution in [3.63, 3.8) is 0 Å². The van der Waals surface area contributed by atoms with E-state index in [1.54, 1.807) is 43.6 Å². The van der Waals surface area contributed by atoms with Crippen molar-refractivity contribution in [3.8, 4) is 29.2 Å². The predicted octanol–water partition coefficient (Wildman–Crippen LogP) is 4.52. The Labute approximate surface area is 229 Å². The van der Waals surface area contributed by atoms with Crippen LogP contribution in [0.4, 0.5) is 5.69 Å². The summed E-state index contributed by atoms with van der Waals surface area (Å²) in [5, 5.41) is 9.67. The number of amides is 1. The number of pyridine rings is 1. The standard InChI is InChI=1S/C28H25ClN6O4/c1-15(2)34-21(20-13-31-28(39-5)32-25(20)38-4)11-19-24(34)23(17-8-6-16(12-30)7-9-17)35(26(19)36)22-10-18(29)14-33(3)27(22)37/h6-11,13-15,23H,1-5H3. The summed E-state index contributed by atoms with van der Waals surface area (Å²) in [5.41, 5.74) is 3.38. The number of fused-ring (bicyclic) bond motifs is 1. The largest absolute Gasteiger partial charge is 0.480 e. The van der Waals surface area contributed by atoms with E-state index in [1.807, 2.05) is 18.4 Å². The summed E-state index contributed by atoms with van der Waals surface area (Å²) < 4.78 is 14.1. The first-order valence-electron chi connectivity index (χ1n) is 12.1. The summed E-state index contributed by atoms with van der Waals surface area (Å²) >= 11 is 6.33. The molecule has 1 aliphatic rings. The number of methoxy groups -OCH3 is 2. The van der Waals surface area contributed by atoms with Crippen LogP contribution in [0.1, 0.15) is 53.1 Å². The Morgan fingerprint density at radius 1 is 1.08 bits per heavy atom. The highest BCUT2D eigenvalue weighted by Crippen LogP contribution is 2.46. The molecule has 0 saturated heterocycles. The molecule has 0 saturated carbocycles. The van der Waals surface area contributed by atoms with Gasteiger partial charge in [0.15, 0.2) is 0 Å². The van der Waals surface area contributed by atoms with Crippen molar-refractivity contribution >= 4 is 23.2 Å². The molecule has 0 spiro atoms. The predicted molar refractivity (Wildman–Crippen MR) is 145 cm³/mol. The van der Waals surface area contributed by atoms with Gasteiger partial charge in [-0.15, -0.1) is 0 Å². The third-order valence-electron chi connectivity index (χ3n) is 6.69. The summed E-state index contributed by atoms with van der Waals surface area (Å²) in [4.78, 5) is 37.5. The van der Waals surface area contributed by atoms with Gasteiger partial charge in [0, 0.05) is 25.5 Å². The van der Waals surface area contributed by atoms with E-state index < -0.39 is 6.04 Å². The van der Waals surface area contributed by atoms with E-state index in [4.69, 9.17) is 21.1 Å². The van der Waals surface area contributed by atoms with Crippen molar-refractivity contribution in [2.45, 2.75) is 25.9 Å². The second-order valence-electron chi connectivity index (χ2n) is 9.34. The second-order valence-corrected chi connectivity index (χ2v) is 9.78. The lowest BCUT2D eigenvalue weighted by Crippen LogP contribution is -2.35. The summed E-state index contributed by atoms with van der Waals surface area (Å²) in [5.74, 6) is -0.0596. The molecule has 198 valence electrons. The fourth-order valence-electron chi connectivity index (χ4n) is 5.03. The monoisotopic (exact) mass is 544 g/mol. The lowest BCUT2D eigenvalue weighted by atomic mass is 10.0. The molecule has 1 aromatic carbocycles. The minimum atomic E-state index is -0.673. The first-order valence-corrected chi connectivity index (χ1v) is 12.5. The number of aromatic nitrogens is 4. The van der Waals surface area contributed by atoms with E-state index in [9.17, 15) is 14.9 Å². The maximum absolute atomic E-state index is 14.1. The Morgan fingerprint density at radius 3 is 2.41 bits per heavy atom. The molecule has 10 nitrogen and oxygen atoms in total. The van der Waals surface area contributed by atoms with Crippen LogP contribution in [-0.2, 0) is 7.05 Å². The van der Waals surface area contributed by atoms with Crippen molar-refractivity contribution in [3.05, 3.63) is 86.6 Å². The van der Waals surface area contributed by atoms with Gasteiger partial charge in [0.05, 0.1) is 53.4 Å². The molecule has 4 heterocycles. The van der Waals surface area contributed by atoms with Crippen molar-refractivity contribution in [1.82, 2.24) is 19.1 Å². The van der Waals surface area contributed by atoms with Crippen LogP contribution in [0.15, 0.2) is 53.6 Å². The van der Waals surface area contributed by atoms with Gasteiger partial charge in [0.25, 0.3) is 11.5 Å². The molecule has 0 aliphatic carbocycles. The Kier molecular flexibility index (Phi) is 6.62. The first kappa shape index (κ1) is 26.0. The number of benzene rings is 1. The van der Waals surface area contributed by atoms with Crippen LogP contribution in [-0.4, -0.2) is 39.2 Å². The smallest absolute Gasteiger partial charge is 0.319 e. The van der Waals surface area contributed by atoms with E-state index in [0.29, 0.717) is 39.0 Å². The van der Waals surface area contributed by atoms with Crippen LogP contribution in [0.2, 0.25) is 5.02 Å². The lowest BCUT2D eigenvalue weighted by Gasteiger charge is -2.29. The maximum atomic E-state index is 14.1. The van der Waals surface area contributed by atoms with Gasteiger partial charge in [-0.2, -0.15) is 10.2 Å². The zero-order valence-electron chi connectivity index (χ0n) is 22.0. The van der Waals surface area contributed by atoms with Gasteiger partial charge in [0.1, 0.15) is 11.7 Å². The lowest BCUT2D eigenvalue weighted by molar-refractivity contribution is 0.0993. The number of rotatable bonds is 6. The van der Waals surface area contributed by atoms with E-state index in [1.165, 1.54) is 35.9 Å². The van der Waals surface area contributed by atoms with Gasteiger partial charge in [-0.1, -0.05) is 23.7 Å². The molecular formula is C28H25ClN6O4. The molecular weight excluding hydrogens is 520 g/mol. The zero-order valence-corrected chi connectivity index (χ0v) is 22.7. The fourth-order valence-corrected chi connectivity index (χ4v) is 5.28. The van der Waals surface area contributed by atoms with Crippen molar-refractivity contribution in [1.29, 1.82) is 5.26 Å². The third-order valence-corrected chi connectivity index (χ3v) is 6.90. The van der Waals surface area contributed by atoms with Gasteiger partial charge >= 0.3 is 6.01 Å². The topological polar surface area (TPSA) is 115 Å². The van der Waals surface area contributed by atoms with Gasteiger partial charge in [-0.3, -0.25) is 14.5 Å². The highest BCUT2D eigenvalue weighted by Gasteiger charge is 2.44. The van der Waals surface area contributed by atoms with E-state index in [2.05, 4.69) is 16.0 Å². The number of hydrogen-bond acceptors (Lipinski definition) is 7. The minimum Gasteiger partial charge on any atom is -0.480 e. The maximum Gasteiger partial charge on any atom is 0.319 e. The van der Waals surface area contributed by atoms with Crippen molar-refractivity contribution < 1.29 is 14.3 Å². The molecule has 5 rings (SSSR count). The molecule has 1 atom stereocenters. The van der Waals surface area contributed by atoms with E-state index >= 15 is 0 Å². The number of anilines is 1. The molecule has 0 fully saturated rings. The molecule has 1 amide bonds. The van der Waals surface area contributed by atoms with Crippen LogP contribution in [0, 0.1) is 11.3 Å². The van der Waals surface area contributed by atoms with Crippen LogP contribution in [0.3, 0.4) is 0 Å². The number of nitrogens with zero attached hydrogens (tertiary/aromatic N) is 6.